The number of hydrogen-bond donors (Lipinski definition) is 1. The first-order valence-electron chi connectivity index (χ1n) is 5.11. The summed E-state index contributed by atoms with van der Waals surface area (Å²) in [5.74, 6) is -0.190. The maximum atomic E-state index is 11.3. The van der Waals surface area contributed by atoms with Crippen molar-refractivity contribution in [1.82, 2.24) is 0 Å². The van der Waals surface area contributed by atoms with Crippen LogP contribution < -0.4 is 5.32 Å². The summed E-state index contributed by atoms with van der Waals surface area (Å²) in [4.78, 5) is 11.1. The maximum Gasteiger partial charge on any atom is 0.261 e. The van der Waals surface area contributed by atoms with Gasteiger partial charge in [-0.05, 0) is 36.6 Å². The fourth-order valence-corrected chi connectivity index (χ4v) is 2.47. The van der Waals surface area contributed by atoms with Crippen molar-refractivity contribution < 1.29 is 13.2 Å². The second kappa shape index (κ2) is 5.06. The van der Waals surface area contributed by atoms with E-state index in [2.05, 4.69) is 5.32 Å². The third-order valence-corrected chi connectivity index (χ3v) is 3.69. The zero-order valence-electron chi connectivity index (χ0n) is 9.87. The molecule has 17 heavy (non-hydrogen) atoms. The van der Waals surface area contributed by atoms with Gasteiger partial charge in [0.2, 0.25) is 5.91 Å². The highest BCUT2D eigenvalue weighted by Crippen LogP contribution is 2.27. The van der Waals surface area contributed by atoms with Gasteiger partial charge >= 0.3 is 0 Å². The molecule has 0 saturated heterocycles. The molecule has 0 saturated carbocycles. The summed E-state index contributed by atoms with van der Waals surface area (Å²) in [6.45, 7) is 5.02. The molecule has 0 spiro atoms. The lowest BCUT2D eigenvalue weighted by atomic mass is 10.1. The fourth-order valence-electron chi connectivity index (χ4n) is 1.60. The SMILES string of the molecule is CCc1cc(S(=O)(=O)Cl)cc(C)c1NC(C)=O. The second-order valence-electron chi connectivity index (χ2n) is 3.75. The van der Waals surface area contributed by atoms with Gasteiger partial charge in [-0.25, -0.2) is 8.42 Å². The molecule has 1 aromatic rings. The molecule has 0 fully saturated rings. The van der Waals surface area contributed by atoms with E-state index in [1.807, 2.05) is 6.92 Å². The number of benzene rings is 1. The average molecular weight is 276 g/mol. The van der Waals surface area contributed by atoms with E-state index < -0.39 is 9.05 Å². The number of rotatable bonds is 3. The van der Waals surface area contributed by atoms with Crippen LogP contribution in [0.25, 0.3) is 0 Å². The number of nitrogens with one attached hydrogen (secondary N) is 1. The standard InChI is InChI=1S/C11H14ClNO3S/c1-4-9-6-10(17(12,15)16)5-7(2)11(9)13-8(3)14/h5-6H,4H2,1-3H3,(H,13,14). The van der Waals surface area contributed by atoms with E-state index in [0.29, 0.717) is 17.7 Å². The molecule has 0 radical (unpaired) electrons. The Labute approximate surface area is 105 Å². The summed E-state index contributed by atoms with van der Waals surface area (Å²) in [5.41, 5.74) is 2.09. The molecule has 1 N–H and O–H groups in total. The first-order chi connectivity index (χ1) is 7.75. The minimum Gasteiger partial charge on any atom is -0.326 e. The summed E-state index contributed by atoms with van der Waals surface area (Å²) in [6, 6.07) is 2.94. The van der Waals surface area contributed by atoms with Gasteiger partial charge in [-0.3, -0.25) is 4.79 Å². The van der Waals surface area contributed by atoms with Crippen LogP contribution in [0.1, 0.15) is 25.0 Å². The predicted molar refractivity (Wildman–Crippen MR) is 67.9 cm³/mol. The van der Waals surface area contributed by atoms with Gasteiger partial charge in [0.25, 0.3) is 9.05 Å². The summed E-state index contributed by atoms with van der Waals surface area (Å²) in [7, 11) is 1.56. The smallest absolute Gasteiger partial charge is 0.261 e. The molecule has 0 aliphatic heterocycles. The molecule has 0 heterocycles. The first-order valence-corrected chi connectivity index (χ1v) is 7.42. The molecule has 0 aliphatic rings. The molecule has 1 aromatic carbocycles. The number of halogens is 1. The van der Waals surface area contributed by atoms with Crippen molar-refractivity contribution in [1.29, 1.82) is 0 Å². The quantitative estimate of drug-likeness (QED) is 0.862. The lowest BCUT2D eigenvalue weighted by Gasteiger charge is -2.13. The van der Waals surface area contributed by atoms with E-state index in [9.17, 15) is 13.2 Å². The van der Waals surface area contributed by atoms with Gasteiger partial charge in [0.15, 0.2) is 0 Å². The average Bonchev–Trinajstić information content (AvgIpc) is 2.18. The van der Waals surface area contributed by atoms with Crippen LogP contribution in [-0.4, -0.2) is 14.3 Å². The zero-order chi connectivity index (χ0) is 13.2. The van der Waals surface area contributed by atoms with E-state index in [1.54, 1.807) is 6.92 Å². The van der Waals surface area contributed by atoms with Crippen molar-refractivity contribution in [3.8, 4) is 0 Å². The maximum absolute atomic E-state index is 11.3. The van der Waals surface area contributed by atoms with Crippen LogP contribution >= 0.6 is 10.7 Å². The highest BCUT2D eigenvalue weighted by Gasteiger charge is 2.15. The van der Waals surface area contributed by atoms with Gasteiger partial charge in [-0.2, -0.15) is 0 Å². The van der Waals surface area contributed by atoms with Gasteiger partial charge in [0.1, 0.15) is 0 Å². The van der Waals surface area contributed by atoms with Gasteiger partial charge in [0, 0.05) is 23.3 Å². The van der Waals surface area contributed by atoms with E-state index >= 15 is 0 Å². The monoisotopic (exact) mass is 275 g/mol. The molecule has 1 rings (SSSR count). The zero-order valence-corrected chi connectivity index (χ0v) is 11.4. The van der Waals surface area contributed by atoms with E-state index in [4.69, 9.17) is 10.7 Å². The second-order valence-corrected chi connectivity index (χ2v) is 6.31. The van der Waals surface area contributed by atoms with Crippen LogP contribution in [-0.2, 0) is 20.3 Å². The van der Waals surface area contributed by atoms with Gasteiger partial charge < -0.3 is 5.32 Å². The van der Waals surface area contributed by atoms with E-state index in [0.717, 1.165) is 5.56 Å². The summed E-state index contributed by atoms with van der Waals surface area (Å²) < 4.78 is 22.5. The Balaban J connectivity index is 3.41. The minimum absolute atomic E-state index is 0.0580. The first kappa shape index (κ1) is 14.0. The van der Waals surface area contributed by atoms with Gasteiger partial charge in [0.05, 0.1) is 4.90 Å². The minimum atomic E-state index is -3.74. The molecule has 0 aromatic heterocycles. The number of carbonyl (C=O) groups is 1. The van der Waals surface area contributed by atoms with Gasteiger partial charge in [-0.15, -0.1) is 0 Å². The molecule has 0 unspecified atom stereocenters. The van der Waals surface area contributed by atoms with Crippen molar-refractivity contribution >= 4 is 31.3 Å². The van der Waals surface area contributed by atoms with Crippen molar-refractivity contribution in [2.24, 2.45) is 0 Å². The Morgan fingerprint density at radius 3 is 2.41 bits per heavy atom. The number of hydrogen-bond acceptors (Lipinski definition) is 3. The third-order valence-electron chi connectivity index (χ3n) is 2.35. The summed E-state index contributed by atoms with van der Waals surface area (Å²) >= 11 is 0. The molecular formula is C11H14ClNO3S. The highest BCUT2D eigenvalue weighted by molar-refractivity contribution is 8.13. The van der Waals surface area contributed by atoms with Crippen molar-refractivity contribution in [2.75, 3.05) is 5.32 Å². The molecular weight excluding hydrogens is 262 g/mol. The number of amides is 1. The van der Waals surface area contributed by atoms with Crippen molar-refractivity contribution in [2.45, 2.75) is 32.1 Å². The van der Waals surface area contributed by atoms with Crippen LogP contribution in [0.15, 0.2) is 17.0 Å². The van der Waals surface area contributed by atoms with Gasteiger partial charge in [-0.1, -0.05) is 6.92 Å². The fraction of sp³-hybridized carbons (Fsp3) is 0.364. The predicted octanol–water partition coefficient (Wildman–Crippen LogP) is 2.44. The Hall–Kier alpha value is -1.07. The molecule has 1 amide bonds. The van der Waals surface area contributed by atoms with E-state index in [1.165, 1.54) is 19.1 Å². The molecule has 6 heteroatoms. The lowest BCUT2D eigenvalue weighted by molar-refractivity contribution is -0.114. The Kier molecular flexibility index (Phi) is 4.16. The van der Waals surface area contributed by atoms with Crippen LogP contribution in [0.4, 0.5) is 5.69 Å². The third kappa shape index (κ3) is 3.44. The lowest BCUT2D eigenvalue weighted by Crippen LogP contribution is -2.10. The van der Waals surface area contributed by atoms with Crippen LogP contribution in [0.2, 0.25) is 0 Å². The summed E-state index contributed by atoms with van der Waals surface area (Å²) in [6.07, 6.45) is 0.608. The topological polar surface area (TPSA) is 63.2 Å². The number of carbonyl (C=O) groups excluding carboxylic acids is 1. The molecule has 0 bridgehead atoms. The van der Waals surface area contributed by atoms with Crippen molar-refractivity contribution in [3.05, 3.63) is 23.3 Å². The van der Waals surface area contributed by atoms with Crippen molar-refractivity contribution in [3.63, 3.8) is 0 Å². The molecule has 94 valence electrons. The molecule has 0 atom stereocenters. The van der Waals surface area contributed by atoms with Crippen LogP contribution in [0.5, 0.6) is 0 Å². The number of anilines is 1. The highest BCUT2D eigenvalue weighted by atomic mass is 35.7. The Morgan fingerprint density at radius 2 is 2.00 bits per heavy atom. The number of aryl methyl sites for hydroxylation is 2. The van der Waals surface area contributed by atoms with E-state index in [-0.39, 0.29) is 10.8 Å². The molecule has 4 nitrogen and oxygen atoms in total. The van der Waals surface area contributed by atoms with Crippen LogP contribution in [0.3, 0.4) is 0 Å². The molecule has 0 aliphatic carbocycles. The largest absolute Gasteiger partial charge is 0.326 e. The normalized spacial score (nSPS) is 11.3. The Morgan fingerprint density at radius 1 is 1.41 bits per heavy atom. The Bertz CT molecular complexity index is 552. The van der Waals surface area contributed by atoms with Crippen LogP contribution in [0, 0.1) is 6.92 Å². The summed E-state index contributed by atoms with van der Waals surface area (Å²) in [5, 5.41) is 2.69.